The van der Waals surface area contributed by atoms with Gasteiger partial charge in [0.05, 0.1) is 6.42 Å². The predicted octanol–water partition coefficient (Wildman–Crippen LogP) is 1.92. The van der Waals surface area contributed by atoms with Crippen LogP contribution in [0.15, 0.2) is 18.2 Å². The summed E-state index contributed by atoms with van der Waals surface area (Å²) in [6, 6.07) is 5.50. The Morgan fingerprint density at radius 2 is 2.05 bits per heavy atom. The lowest BCUT2D eigenvalue weighted by Gasteiger charge is -2.21. The van der Waals surface area contributed by atoms with E-state index in [-0.39, 0.29) is 25.5 Å². The van der Waals surface area contributed by atoms with Gasteiger partial charge in [0, 0.05) is 18.5 Å². The molecule has 1 aromatic carbocycles. The second-order valence-electron chi connectivity index (χ2n) is 5.84. The fourth-order valence-corrected chi connectivity index (χ4v) is 2.29. The van der Waals surface area contributed by atoms with Crippen molar-refractivity contribution in [3.63, 3.8) is 0 Å². The van der Waals surface area contributed by atoms with Crippen LogP contribution in [0.4, 0.5) is 0 Å². The molecule has 0 unspecified atom stereocenters. The minimum atomic E-state index is -0.903. The van der Waals surface area contributed by atoms with Gasteiger partial charge in [-0.25, -0.2) is 0 Å². The third-order valence-corrected chi connectivity index (χ3v) is 3.22. The highest BCUT2D eigenvalue weighted by Crippen LogP contribution is 2.35. The normalized spacial score (nSPS) is 13.0. The van der Waals surface area contributed by atoms with E-state index in [1.807, 2.05) is 18.2 Å². The first kappa shape index (κ1) is 15.2. The van der Waals surface area contributed by atoms with Crippen LogP contribution in [-0.2, 0) is 16.1 Å². The van der Waals surface area contributed by atoms with Gasteiger partial charge in [0.15, 0.2) is 11.5 Å². The van der Waals surface area contributed by atoms with Crippen molar-refractivity contribution in [3.8, 4) is 11.5 Å². The van der Waals surface area contributed by atoms with E-state index in [0.717, 1.165) is 5.56 Å². The number of amides is 1. The minimum Gasteiger partial charge on any atom is -0.481 e. The molecule has 0 fully saturated rings. The molecule has 0 bridgehead atoms. The molecule has 6 nitrogen and oxygen atoms in total. The lowest BCUT2D eigenvalue weighted by Crippen LogP contribution is -2.29. The summed E-state index contributed by atoms with van der Waals surface area (Å²) in [5.41, 5.74) is 0.267. The number of carboxylic acid groups (broad SMARTS) is 1. The molecule has 6 heteroatoms. The summed E-state index contributed by atoms with van der Waals surface area (Å²) >= 11 is 0. The van der Waals surface area contributed by atoms with Crippen molar-refractivity contribution in [1.82, 2.24) is 5.32 Å². The van der Waals surface area contributed by atoms with Gasteiger partial charge in [0.2, 0.25) is 12.7 Å². The van der Waals surface area contributed by atoms with Crippen LogP contribution in [0, 0.1) is 5.41 Å². The van der Waals surface area contributed by atoms with Gasteiger partial charge in [-0.2, -0.15) is 0 Å². The van der Waals surface area contributed by atoms with Crippen molar-refractivity contribution in [2.75, 3.05) is 6.79 Å². The molecule has 0 radical (unpaired) electrons. The fourth-order valence-electron chi connectivity index (χ4n) is 2.29. The van der Waals surface area contributed by atoms with Gasteiger partial charge >= 0.3 is 5.97 Å². The number of carbonyl (C=O) groups is 2. The summed E-state index contributed by atoms with van der Waals surface area (Å²) in [6.45, 7) is 4.04. The third kappa shape index (κ3) is 4.11. The van der Waals surface area contributed by atoms with Gasteiger partial charge in [-0.05, 0) is 11.5 Å². The Bertz CT molecular complexity index is 553. The number of para-hydroxylation sites is 1. The van der Waals surface area contributed by atoms with Crippen molar-refractivity contribution in [1.29, 1.82) is 0 Å². The molecule has 1 aromatic rings. The Kier molecular flexibility index (Phi) is 4.35. The zero-order chi connectivity index (χ0) is 15.5. The molecule has 2 rings (SSSR count). The smallest absolute Gasteiger partial charge is 0.303 e. The van der Waals surface area contributed by atoms with Gasteiger partial charge in [-0.15, -0.1) is 0 Å². The average molecular weight is 293 g/mol. The van der Waals surface area contributed by atoms with Gasteiger partial charge < -0.3 is 19.9 Å². The zero-order valence-electron chi connectivity index (χ0n) is 12.1. The first-order chi connectivity index (χ1) is 9.87. The Morgan fingerprint density at radius 1 is 1.29 bits per heavy atom. The maximum Gasteiger partial charge on any atom is 0.303 e. The molecule has 0 aliphatic carbocycles. The molecule has 0 saturated heterocycles. The summed E-state index contributed by atoms with van der Waals surface area (Å²) in [7, 11) is 0. The monoisotopic (exact) mass is 293 g/mol. The summed E-state index contributed by atoms with van der Waals surface area (Å²) in [5.74, 6) is 0.243. The highest BCUT2D eigenvalue weighted by Gasteiger charge is 2.25. The minimum absolute atomic E-state index is 0.0435. The molecule has 1 aliphatic heterocycles. The van der Waals surface area contributed by atoms with Gasteiger partial charge in [-0.3, -0.25) is 9.59 Å². The molecule has 2 N–H and O–H groups in total. The number of carboxylic acids is 1. The molecule has 1 aliphatic rings. The second-order valence-corrected chi connectivity index (χ2v) is 5.84. The molecule has 0 spiro atoms. The number of carbonyl (C=O) groups excluding carboxylic acids is 1. The van der Waals surface area contributed by atoms with Crippen LogP contribution in [-0.4, -0.2) is 23.8 Å². The van der Waals surface area contributed by atoms with E-state index in [1.165, 1.54) is 0 Å². The van der Waals surface area contributed by atoms with Gasteiger partial charge in [0.1, 0.15) is 0 Å². The maximum absolute atomic E-state index is 11.9. The van der Waals surface area contributed by atoms with E-state index in [4.69, 9.17) is 14.6 Å². The van der Waals surface area contributed by atoms with E-state index >= 15 is 0 Å². The van der Waals surface area contributed by atoms with E-state index in [0.29, 0.717) is 18.0 Å². The molecule has 0 aromatic heterocycles. The zero-order valence-corrected chi connectivity index (χ0v) is 12.1. The van der Waals surface area contributed by atoms with Crippen LogP contribution in [0.25, 0.3) is 0 Å². The predicted molar refractivity (Wildman–Crippen MR) is 75.1 cm³/mol. The fraction of sp³-hybridized carbons (Fsp3) is 0.467. The second kappa shape index (κ2) is 6.03. The molecule has 1 heterocycles. The highest BCUT2D eigenvalue weighted by atomic mass is 16.7. The van der Waals surface area contributed by atoms with Crippen LogP contribution in [0.2, 0.25) is 0 Å². The standard InChI is InChI=1S/C15H19NO5/c1-15(2,7-13(18)19)6-12(17)16-8-10-4-3-5-11-14(10)21-9-20-11/h3-5H,6-9H2,1-2H3,(H,16,17)(H,18,19). The number of hydrogen-bond donors (Lipinski definition) is 2. The summed E-state index contributed by atoms with van der Waals surface area (Å²) in [6.07, 6.45) is 0.115. The number of hydrogen-bond acceptors (Lipinski definition) is 4. The van der Waals surface area contributed by atoms with E-state index in [1.54, 1.807) is 13.8 Å². The van der Waals surface area contributed by atoms with Crippen LogP contribution >= 0.6 is 0 Å². The third-order valence-electron chi connectivity index (χ3n) is 3.22. The number of benzene rings is 1. The maximum atomic E-state index is 11.9. The van der Waals surface area contributed by atoms with Crippen molar-refractivity contribution in [2.24, 2.45) is 5.41 Å². The number of aliphatic carboxylic acids is 1. The Hall–Kier alpha value is -2.24. The van der Waals surface area contributed by atoms with E-state index in [2.05, 4.69) is 5.32 Å². The number of nitrogens with one attached hydrogen (secondary N) is 1. The first-order valence-electron chi connectivity index (χ1n) is 6.73. The van der Waals surface area contributed by atoms with Crippen LogP contribution in [0.1, 0.15) is 32.3 Å². The summed E-state index contributed by atoms with van der Waals surface area (Å²) in [4.78, 5) is 22.7. The number of rotatable bonds is 6. The number of fused-ring (bicyclic) bond motifs is 1. The molecule has 21 heavy (non-hydrogen) atoms. The van der Waals surface area contributed by atoms with Crippen LogP contribution < -0.4 is 14.8 Å². The molecule has 0 saturated carbocycles. The van der Waals surface area contributed by atoms with E-state index in [9.17, 15) is 9.59 Å². The lowest BCUT2D eigenvalue weighted by atomic mass is 9.85. The highest BCUT2D eigenvalue weighted by molar-refractivity contribution is 5.78. The molecular weight excluding hydrogens is 274 g/mol. The van der Waals surface area contributed by atoms with Crippen LogP contribution in [0.5, 0.6) is 11.5 Å². The van der Waals surface area contributed by atoms with Gasteiger partial charge in [0.25, 0.3) is 0 Å². The summed E-state index contributed by atoms with van der Waals surface area (Å²) in [5, 5.41) is 11.6. The van der Waals surface area contributed by atoms with Crippen molar-refractivity contribution >= 4 is 11.9 Å². The Labute approximate surface area is 123 Å². The van der Waals surface area contributed by atoms with Crippen molar-refractivity contribution < 1.29 is 24.2 Å². The van der Waals surface area contributed by atoms with Crippen molar-refractivity contribution in [2.45, 2.75) is 33.2 Å². The average Bonchev–Trinajstić information content (AvgIpc) is 2.82. The molecule has 114 valence electrons. The van der Waals surface area contributed by atoms with Crippen LogP contribution in [0.3, 0.4) is 0 Å². The summed E-state index contributed by atoms with van der Waals surface area (Å²) < 4.78 is 10.6. The van der Waals surface area contributed by atoms with Gasteiger partial charge in [-0.1, -0.05) is 26.0 Å². The quantitative estimate of drug-likeness (QED) is 0.837. The Morgan fingerprint density at radius 3 is 2.76 bits per heavy atom. The first-order valence-corrected chi connectivity index (χ1v) is 6.73. The lowest BCUT2D eigenvalue weighted by molar-refractivity contribution is -0.139. The van der Waals surface area contributed by atoms with Crippen molar-refractivity contribution in [3.05, 3.63) is 23.8 Å². The topological polar surface area (TPSA) is 84.9 Å². The molecular formula is C15H19NO5. The SMILES string of the molecule is CC(C)(CC(=O)O)CC(=O)NCc1cccc2c1OCO2. The molecule has 0 atom stereocenters. The number of ether oxygens (including phenoxy) is 2. The molecule has 1 amide bonds. The Balaban J connectivity index is 1.90. The van der Waals surface area contributed by atoms with E-state index < -0.39 is 11.4 Å². The largest absolute Gasteiger partial charge is 0.481 e.